The number of carbonyl (C=O) groups is 1. The average molecular weight is 329 g/mol. The number of carbonyl (C=O) groups excluding carboxylic acids is 1. The van der Waals surface area contributed by atoms with E-state index in [0.717, 1.165) is 6.54 Å². The van der Waals surface area contributed by atoms with Crippen molar-refractivity contribution in [3.05, 3.63) is 23.8 Å². The van der Waals surface area contributed by atoms with E-state index in [1.807, 2.05) is 13.8 Å². The fourth-order valence-electron chi connectivity index (χ4n) is 1.91. The highest BCUT2D eigenvalue weighted by molar-refractivity contribution is 7.89. The van der Waals surface area contributed by atoms with Crippen molar-refractivity contribution in [1.29, 1.82) is 0 Å². The molecular formula is C14H23N3O4S. The molecule has 0 radical (unpaired) electrons. The lowest BCUT2D eigenvalue weighted by Gasteiger charge is -2.14. The number of ether oxygens (including phenoxy) is 1. The molecule has 1 aromatic carbocycles. The summed E-state index contributed by atoms with van der Waals surface area (Å²) in [5, 5.41) is 5.93. The van der Waals surface area contributed by atoms with Gasteiger partial charge in [-0.05, 0) is 38.7 Å². The zero-order valence-corrected chi connectivity index (χ0v) is 14.1. The molecular weight excluding hydrogens is 306 g/mol. The van der Waals surface area contributed by atoms with E-state index in [-0.39, 0.29) is 28.2 Å². The SMILES string of the molecule is CCN[C@H](C)CNC(=O)c1ccc(OC)c(S(=O)(=O)NC)c1. The maximum absolute atomic E-state index is 12.1. The summed E-state index contributed by atoms with van der Waals surface area (Å²) in [7, 11) is -1.02. The van der Waals surface area contributed by atoms with Crippen molar-refractivity contribution in [3.8, 4) is 5.75 Å². The topological polar surface area (TPSA) is 96.5 Å². The van der Waals surface area contributed by atoms with Gasteiger partial charge < -0.3 is 15.4 Å². The zero-order valence-electron chi connectivity index (χ0n) is 13.3. The van der Waals surface area contributed by atoms with Crippen LogP contribution in [0.25, 0.3) is 0 Å². The number of hydrogen-bond acceptors (Lipinski definition) is 5. The molecule has 1 atom stereocenters. The van der Waals surface area contributed by atoms with E-state index in [0.29, 0.717) is 6.54 Å². The first-order chi connectivity index (χ1) is 10.4. The number of amides is 1. The first-order valence-corrected chi connectivity index (χ1v) is 8.47. The van der Waals surface area contributed by atoms with Crippen LogP contribution in [0.5, 0.6) is 5.75 Å². The Hall–Kier alpha value is -1.64. The molecule has 22 heavy (non-hydrogen) atoms. The maximum atomic E-state index is 12.1. The van der Waals surface area contributed by atoms with Crippen molar-refractivity contribution in [2.75, 3.05) is 27.2 Å². The molecule has 0 bridgehead atoms. The highest BCUT2D eigenvalue weighted by Crippen LogP contribution is 2.24. The molecule has 0 heterocycles. The normalized spacial score (nSPS) is 12.7. The van der Waals surface area contributed by atoms with Crippen LogP contribution < -0.4 is 20.1 Å². The maximum Gasteiger partial charge on any atom is 0.251 e. The second-order valence-electron chi connectivity index (χ2n) is 4.74. The molecule has 0 saturated heterocycles. The first-order valence-electron chi connectivity index (χ1n) is 6.98. The van der Waals surface area contributed by atoms with E-state index < -0.39 is 10.0 Å². The van der Waals surface area contributed by atoms with Crippen molar-refractivity contribution >= 4 is 15.9 Å². The van der Waals surface area contributed by atoms with Crippen LogP contribution >= 0.6 is 0 Å². The van der Waals surface area contributed by atoms with Gasteiger partial charge in [-0.15, -0.1) is 0 Å². The number of methoxy groups -OCH3 is 1. The van der Waals surface area contributed by atoms with Gasteiger partial charge >= 0.3 is 0 Å². The minimum Gasteiger partial charge on any atom is -0.495 e. The molecule has 0 aromatic heterocycles. The summed E-state index contributed by atoms with van der Waals surface area (Å²) < 4.78 is 31.2. The van der Waals surface area contributed by atoms with E-state index in [4.69, 9.17) is 4.74 Å². The van der Waals surface area contributed by atoms with Crippen LogP contribution in [0.2, 0.25) is 0 Å². The third-order valence-corrected chi connectivity index (χ3v) is 4.54. The van der Waals surface area contributed by atoms with Crippen LogP contribution in [0, 0.1) is 0 Å². The number of likely N-dealkylation sites (N-methyl/N-ethyl adjacent to an activating group) is 1. The fourth-order valence-corrected chi connectivity index (χ4v) is 2.82. The summed E-state index contributed by atoms with van der Waals surface area (Å²) in [4.78, 5) is 12.1. The average Bonchev–Trinajstić information content (AvgIpc) is 2.52. The Labute approximate surface area is 131 Å². The monoisotopic (exact) mass is 329 g/mol. The molecule has 8 heteroatoms. The summed E-state index contributed by atoms with van der Waals surface area (Å²) in [5.41, 5.74) is 0.262. The minimum atomic E-state index is -3.70. The molecule has 124 valence electrons. The molecule has 0 aliphatic carbocycles. The van der Waals surface area contributed by atoms with Crippen LogP contribution in [0.15, 0.2) is 23.1 Å². The summed E-state index contributed by atoms with van der Waals surface area (Å²) >= 11 is 0. The lowest BCUT2D eigenvalue weighted by Crippen LogP contribution is -2.38. The molecule has 0 unspecified atom stereocenters. The van der Waals surface area contributed by atoms with Crippen LogP contribution in [0.4, 0.5) is 0 Å². The number of nitrogens with one attached hydrogen (secondary N) is 3. The van der Waals surface area contributed by atoms with Gasteiger partial charge in [0.25, 0.3) is 5.91 Å². The van der Waals surface area contributed by atoms with E-state index in [2.05, 4.69) is 15.4 Å². The predicted molar refractivity (Wildman–Crippen MR) is 84.7 cm³/mol. The Balaban J connectivity index is 2.97. The number of rotatable bonds is 8. The van der Waals surface area contributed by atoms with Crippen molar-refractivity contribution in [1.82, 2.24) is 15.4 Å². The van der Waals surface area contributed by atoms with Crippen molar-refractivity contribution < 1.29 is 17.9 Å². The molecule has 0 saturated carbocycles. The summed E-state index contributed by atoms with van der Waals surface area (Å²) in [6.45, 7) is 5.20. The largest absolute Gasteiger partial charge is 0.495 e. The van der Waals surface area contributed by atoms with Crippen LogP contribution in [-0.4, -0.2) is 47.6 Å². The molecule has 1 rings (SSSR count). The first kappa shape index (κ1) is 18.4. The van der Waals surface area contributed by atoms with Gasteiger partial charge in [-0.25, -0.2) is 13.1 Å². The van der Waals surface area contributed by atoms with Crippen LogP contribution in [0.1, 0.15) is 24.2 Å². The number of hydrogen-bond donors (Lipinski definition) is 3. The Bertz CT molecular complexity index is 617. The zero-order chi connectivity index (χ0) is 16.8. The lowest BCUT2D eigenvalue weighted by molar-refractivity contribution is 0.0950. The summed E-state index contributed by atoms with van der Waals surface area (Å²) in [5.74, 6) is -0.146. The van der Waals surface area contributed by atoms with E-state index in [9.17, 15) is 13.2 Å². The molecule has 0 fully saturated rings. The predicted octanol–water partition coefficient (Wildman–Crippen LogP) is 0.331. The Kier molecular flexibility index (Phi) is 6.79. The Morgan fingerprint density at radius 3 is 2.59 bits per heavy atom. The fraction of sp³-hybridized carbons (Fsp3) is 0.500. The molecule has 0 aliphatic rings. The van der Waals surface area contributed by atoms with Gasteiger partial charge in [0.2, 0.25) is 10.0 Å². The number of sulfonamides is 1. The van der Waals surface area contributed by atoms with Gasteiger partial charge in [0, 0.05) is 18.2 Å². The third-order valence-electron chi connectivity index (χ3n) is 3.11. The molecule has 7 nitrogen and oxygen atoms in total. The minimum absolute atomic E-state index is 0.0649. The summed E-state index contributed by atoms with van der Waals surface area (Å²) in [6.07, 6.45) is 0. The van der Waals surface area contributed by atoms with Crippen molar-refractivity contribution in [3.63, 3.8) is 0 Å². The smallest absolute Gasteiger partial charge is 0.251 e. The van der Waals surface area contributed by atoms with Gasteiger partial charge in [-0.2, -0.15) is 0 Å². The van der Waals surface area contributed by atoms with Crippen molar-refractivity contribution in [2.24, 2.45) is 0 Å². The molecule has 0 spiro atoms. The van der Waals surface area contributed by atoms with E-state index in [1.54, 1.807) is 0 Å². The third kappa shape index (κ3) is 4.69. The van der Waals surface area contributed by atoms with Crippen LogP contribution in [0.3, 0.4) is 0 Å². The lowest BCUT2D eigenvalue weighted by atomic mass is 10.2. The van der Waals surface area contributed by atoms with Gasteiger partial charge in [0.1, 0.15) is 10.6 Å². The van der Waals surface area contributed by atoms with Gasteiger partial charge in [-0.1, -0.05) is 6.92 Å². The van der Waals surface area contributed by atoms with E-state index in [1.165, 1.54) is 32.4 Å². The second kappa shape index (κ2) is 8.11. The molecule has 3 N–H and O–H groups in total. The molecule has 1 aromatic rings. The van der Waals surface area contributed by atoms with Gasteiger partial charge in [0.05, 0.1) is 7.11 Å². The quantitative estimate of drug-likeness (QED) is 0.639. The van der Waals surface area contributed by atoms with Gasteiger partial charge in [0.15, 0.2) is 0 Å². The highest BCUT2D eigenvalue weighted by Gasteiger charge is 2.20. The standard InChI is InChI=1S/C14H23N3O4S/c1-5-16-10(2)9-17-14(18)11-6-7-12(21-4)13(8-11)22(19,20)15-3/h6-8,10,15-16H,5,9H2,1-4H3,(H,17,18)/t10-/m1/s1. The number of benzene rings is 1. The molecule has 1 amide bonds. The van der Waals surface area contributed by atoms with Gasteiger partial charge in [-0.3, -0.25) is 4.79 Å². The Morgan fingerprint density at radius 1 is 1.36 bits per heavy atom. The molecule has 0 aliphatic heterocycles. The van der Waals surface area contributed by atoms with E-state index >= 15 is 0 Å². The van der Waals surface area contributed by atoms with Crippen molar-refractivity contribution in [2.45, 2.75) is 24.8 Å². The Morgan fingerprint density at radius 2 is 2.05 bits per heavy atom. The highest BCUT2D eigenvalue weighted by atomic mass is 32.2. The second-order valence-corrected chi connectivity index (χ2v) is 6.60. The van der Waals surface area contributed by atoms with Crippen LogP contribution in [-0.2, 0) is 10.0 Å². The summed E-state index contributed by atoms with van der Waals surface area (Å²) in [6, 6.07) is 4.43.